The fraction of sp³-hybridized carbons (Fsp3) is 0.333. The largest absolute Gasteiger partial charge is 0.233 e. The second-order valence-electron chi connectivity index (χ2n) is 3.40. The quantitative estimate of drug-likeness (QED) is 0.337. The lowest BCUT2D eigenvalue weighted by molar-refractivity contribution is -0.462. The maximum absolute atomic E-state index is 5.40. The molecular weight excluding hydrogens is 222 g/mol. The maximum atomic E-state index is 5.40. The predicted molar refractivity (Wildman–Crippen MR) is 73.1 cm³/mol. The van der Waals surface area contributed by atoms with Gasteiger partial charge < -0.3 is 0 Å². The fourth-order valence-corrected chi connectivity index (χ4v) is 2.44. The molecule has 0 N–H and O–H groups in total. The zero-order valence-electron chi connectivity index (χ0n) is 9.36. The van der Waals surface area contributed by atoms with Gasteiger partial charge >= 0.3 is 0 Å². The Bertz CT molecular complexity index is 364. The van der Waals surface area contributed by atoms with Crippen molar-refractivity contribution in [2.75, 3.05) is 14.1 Å². The summed E-state index contributed by atoms with van der Waals surface area (Å²) in [6, 6.07) is 10.1. The van der Waals surface area contributed by atoms with E-state index in [9.17, 15) is 0 Å². The normalized spacial score (nSPS) is 9.80. The van der Waals surface area contributed by atoms with E-state index in [4.69, 9.17) is 12.2 Å². The number of rotatable bonds is 2. The summed E-state index contributed by atoms with van der Waals surface area (Å²) in [7, 11) is 4.11. The van der Waals surface area contributed by atoms with Crippen LogP contribution in [0.3, 0.4) is 0 Å². The number of hydrogen-bond donors (Lipinski definition) is 0. The highest BCUT2D eigenvalue weighted by Gasteiger charge is 2.11. The maximum Gasteiger partial charge on any atom is 0.215 e. The third-order valence-electron chi connectivity index (χ3n) is 2.02. The predicted octanol–water partition coefficient (Wildman–Crippen LogP) is 3.18. The molecule has 0 aliphatic carbocycles. The van der Waals surface area contributed by atoms with Gasteiger partial charge in [0.05, 0.1) is 4.20 Å². The Kier molecular flexibility index (Phi) is 4.99. The molecule has 0 atom stereocenters. The molecule has 0 radical (unpaired) electrons. The molecule has 0 heterocycles. The molecule has 1 aromatic rings. The molecule has 1 aromatic carbocycles. The second kappa shape index (κ2) is 6.03. The SMILES string of the molecule is CCC(SC(=S)c1ccccc1)=[N+](C)C. The minimum atomic E-state index is 0.946. The molecular formula is C12H16NS2+. The van der Waals surface area contributed by atoms with Gasteiger partial charge in [-0.2, -0.15) is 0 Å². The van der Waals surface area contributed by atoms with Crippen molar-refractivity contribution >= 4 is 33.2 Å². The van der Waals surface area contributed by atoms with Gasteiger partial charge in [-0.1, -0.05) is 49.5 Å². The van der Waals surface area contributed by atoms with E-state index in [0.29, 0.717) is 0 Å². The van der Waals surface area contributed by atoms with Crippen LogP contribution in [0.4, 0.5) is 0 Å². The Hall–Kier alpha value is -0.670. The first-order valence-corrected chi connectivity index (χ1v) is 6.18. The van der Waals surface area contributed by atoms with E-state index >= 15 is 0 Å². The Morgan fingerprint density at radius 1 is 1.27 bits per heavy atom. The Balaban J connectivity index is 2.77. The van der Waals surface area contributed by atoms with Crippen molar-refractivity contribution in [3.05, 3.63) is 35.9 Å². The molecule has 0 spiro atoms. The summed E-state index contributed by atoms with van der Waals surface area (Å²) in [5, 5.41) is 1.30. The number of benzene rings is 1. The van der Waals surface area contributed by atoms with E-state index in [0.717, 1.165) is 16.2 Å². The lowest BCUT2D eigenvalue weighted by Crippen LogP contribution is -2.10. The summed E-state index contributed by atoms with van der Waals surface area (Å²) in [6.45, 7) is 2.15. The van der Waals surface area contributed by atoms with Gasteiger partial charge in [-0.25, -0.2) is 4.58 Å². The van der Waals surface area contributed by atoms with Crippen LogP contribution in [0.1, 0.15) is 18.9 Å². The second-order valence-corrected chi connectivity index (χ2v) is 5.15. The van der Waals surface area contributed by atoms with Crippen LogP contribution < -0.4 is 0 Å². The van der Waals surface area contributed by atoms with Crippen molar-refractivity contribution in [2.24, 2.45) is 0 Å². The molecule has 3 heteroatoms. The molecule has 80 valence electrons. The molecule has 0 bridgehead atoms. The van der Waals surface area contributed by atoms with Gasteiger partial charge in [0.2, 0.25) is 5.04 Å². The molecule has 0 unspecified atom stereocenters. The van der Waals surface area contributed by atoms with Crippen LogP contribution in [0.15, 0.2) is 30.3 Å². The van der Waals surface area contributed by atoms with Crippen molar-refractivity contribution in [1.82, 2.24) is 0 Å². The lowest BCUT2D eigenvalue weighted by atomic mass is 10.2. The van der Waals surface area contributed by atoms with Gasteiger partial charge in [0, 0.05) is 6.42 Å². The van der Waals surface area contributed by atoms with E-state index in [1.165, 1.54) is 5.04 Å². The third kappa shape index (κ3) is 3.76. The van der Waals surface area contributed by atoms with E-state index < -0.39 is 0 Å². The lowest BCUT2D eigenvalue weighted by Gasteiger charge is -2.03. The first-order chi connectivity index (χ1) is 7.15. The van der Waals surface area contributed by atoms with Gasteiger partial charge in [0.1, 0.15) is 14.1 Å². The molecule has 0 amide bonds. The smallest absolute Gasteiger partial charge is 0.215 e. The van der Waals surface area contributed by atoms with Crippen LogP contribution in [0.5, 0.6) is 0 Å². The molecule has 0 fully saturated rings. The highest BCUT2D eigenvalue weighted by Crippen LogP contribution is 2.16. The van der Waals surface area contributed by atoms with Crippen LogP contribution in [-0.4, -0.2) is 27.9 Å². The van der Waals surface area contributed by atoms with Crippen molar-refractivity contribution in [3.8, 4) is 0 Å². The zero-order chi connectivity index (χ0) is 11.3. The average molecular weight is 238 g/mol. The van der Waals surface area contributed by atoms with Gasteiger partial charge in [-0.15, -0.1) is 0 Å². The van der Waals surface area contributed by atoms with Crippen molar-refractivity contribution < 1.29 is 4.58 Å². The molecule has 0 aromatic heterocycles. The number of hydrogen-bond acceptors (Lipinski definition) is 2. The number of nitrogens with zero attached hydrogens (tertiary/aromatic N) is 1. The molecule has 1 rings (SSSR count). The van der Waals surface area contributed by atoms with Gasteiger partial charge in [-0.3, -0.25) is 0 Å². The average Bonchev–Trinajstić information content (AvgIpc) is 2.26. The van der Waals surface area contributed by atoms with E-state index in [1.54, 1.807) is 11.8 Å². The van der Waals surface area contributed by atoms with E-state index in [-0.39, 0.29) is 0 Å². The highest BCUT2D eigenvalue weighted by atomic mass is 32.2. The molecule has 0 saturated carbocycles. The molecule has 0 saturated heterocycles. The first kappa shape index (κ1) is 12.4. The van der Waals surface area contributed by atoms with Crippen molar-refractivity contribution in [2.45, 2.75) is 13.3 Å². The van der Waals surface area contributed by atoms with Gasteiger partial charge in [-0.05, 0) is 17.3 Å². The first-order valence-electron chi connectivity index (χ1n) is 4.95. The minimum absolute atomic E-state index is 0.946. The molecule has 15 heavy (non-hydrogen) atoms. The van der Waals surface area contributed by atoms with Gasteiger partial charge in [0.25, 0.3) is 0 Å². The molecule has 0 aliphatic heterocycles. The molecule has 0 aliphatic rings. The zero-order valence-corrected chi connectivity index (χ0v) is 11.0. The summed E-state index contributed by atoms with van der Waals surface area (Å²) < 4.78 is 3.07. The summed E-state index contributed by atoms with van der Waals surface area (Å²) in [5.41, 5.74) is 1.13. The fourth-order valence-electron chi connectivity index (χ4n) is 1.22. The van der Waals surface area contributed by atoms with E-state index in [2.05, 4.69) is 37.7 Å². The minimum Gasteiger partial charge on any atom is -0.233 e. The van der Waals surface area contributed by atoms with Crippen LogP contribution >= 0.6 is 24.0 Å². The van der Waals surface area contributed by atoms with E-state index in [1.807, 2.05) is 18.2 Å². The van der Waals surface area contributed by atoms with Crippen molar-refractivity contribution in [1.29, 1.82) is 0 Å². The number of thiocarbonyl (C=S) groups is 1. The summed E-state index contributed by atoms with van der Waals surface area (Å²) in [4.78, 5) is 0. The monoisotopic (exact) mass is 238 g/mol. The van der Waals surface area contributed by atoms with Gasteiger partial charge in [0.15, 0.2) is 0 Å². The standard InChI is InChI=1S/C12H16NS2/c1-4-11(13(2)3)15-12(14)10-8-6-5-7-9-10/h5-9H,4H2,1-3H3/q+1. The summed E-state index contributed by atoms with van der Waals surface area (Å²) >= 11 is 7.08. The topological polar surface area (TPSA) is 3.01 Å². The van der Waals surface area contributed by atoms with Crippen LogP contribution in [0, 0.1) is 0 Å². The summed E-state index contributed by atoms with van der Waals surface area (Å²) in [5.74, 6) is 0. The summed E-state index contributed by atoms with van der Waals surface area (Å²) in [6.07, 6.45) is 1.02. The highest BCUT2D eigenvalue weighted by molar-refractivity contribution is 8.33. The van der Waals surface area contributed by atoms with Crippen LogP contribution in [0.2, 0.25) is 0 Å². The third-order valence-corrected chi connectivity index (χ3v) is 3.82. The number of thioether (sulfide) groups is 1. The Morgan fingerprint density at radius 3 is 2.33 bits per heavy atom. The Labute approximate surface area is 101 Å². The van der Waals surface area contributed by atoms with Crippen molar-refractivity contribution in [3.63, 3.8) is 0 Å². The molecule has 1 nitrogen and oxygen atoms in total. The van der Waals surface area contributed by atoms with Crippen LogP contribution in [-0.2, 0) is 0 Å². The Morgan fingerprint density at radius 2 is 1.87 bits per heavy atom. The van der Waals surface area contributed by atoms with Crippen LogP contribution in [0.25, 0.3) is 0 Å².